The summed E-state index contributed by atoms with van der Waals surface area (Å²) in [5.74, 6) is -0.850. The van der Waals surface area contributed by atoms with Gasteiger partial charge in [-0.25, -0.2) is 0 Å². The fraction of sp³-hybridized carbons (Fsp3) is 0.818. The van der Waals surface area contributed by atoms with Gasteiger partial charge in [-0.3, -0.25) is 9.59 Å². The Hall–Kier alpha value is -0.710. The van der Waals surface area contributed by atoms with Crippen molar-refractivity contribution in [2.45, 2.75) is 20.3 Å². The number of amides is 1. The summed E-state index contributed by atoms with van der Waals surface area (Å²) in [7, 11) is 0. The highest BCUT2D eigenvalue weighted by atomic mass is 32.2. The molecule has 0 aromatic heterocycles. The van der Waals surface area contributed by atoms with Crippen LogP contribution < -0.4 is 5.32 Å². The summed E-state index contributed by atoms with van der Waals surface area (Å²) in [5.41, 5.74) is -0.393. The Morgan fingerprint density at radius 1 is 1.38 bits per heavy atom. The van der Waals surface area contributed by atoms with Crippen LogP contribution in [0.5, 0.6) is 0 Å². The number of hydrogen-bond donors (Lipinski definition) is 2. The van der Waals surface area contributed by atoms with Crippen molar-refractivity contribution in [3.63, 3.8) is 0 Å². The molecule has 16 heavy (non-hydrogen) atoms. The zero-order valence-electron chi connectivity index (χ0n) is 9.95. The van der Waals surface area contributed by atoms with Crippen molar-refractivity contribution in [1.29, 1.82) is 0 Å². The predicted octanol–water partition coefficient (Wildman–Crippen LogP) is 1.21. The van der Waals surface area contributed by atoms with Gasteiger partial charge < -0.3 is 10.4 Å². The van der Waals surface area contributed by atoms with Gasteiger partial charge in [-0.2, -0.15) is 11.8 Å². The van der Waals surface area contributed by atoms with E-state index < -0.39 is 17.3 Å². The molecular weight excluding hydrogens is 226 g/mol. The largest absolute Gasteiger partial charge is 0.481 e. The van der Waals surface area contributed by atoms with E-state index in [4.69, 9.17) is 5.11 Å². The molecule has 1 fully saturated rings. The SMILES string of the molecule is CSCCCNC(=O)C1C(C(=O)O)C1(C)C. The van der Waals surface area contributed by atoms with E-state index in [1.807, 2.05) is 20.1 Å². The Labute approximate surface area is 100 Å². The number of carboxylic acids is 1. The third-order valence-electron chi connectivity index (χ3n) is 3.20. The van der Waals surface area contributed by atoms with E-state index >= 15 is 0 Å². The van der Waals surface area contributed by atoms with Crippen molar-refractivity contribution in [1.82, 2.24) is 5.32 Å². The lowest BCUT2D eigenvalue weighted by Crippen LogP contribution is -2.28. The number of carbonyl (C=O) groups is 2. The topological polar surface area (TPSA) is 66.4 Å². The molecule has 4 nitrogen and oxygen atoms in total. The molecular formula is C11H19NO3S. The van der Waals surface area contributed by atoms with E-state index in [0.29, 0.717) is 6.54 Å². The number of aliphatic carboxylic acids is 1. The molecule has 0 saturated heterocycles. The van der Waals surface area contributed by atoms with Crippen molar-refractivity contribution in [2.24, 2.45) is 17.3 Å². The highest BCUT2D eigenvalue weighted by Crippen LogP contribution is 2.58. The lowest BCUT2D eigenvalue weighted by Gasteiger charge is -2.05. The summed E-state index contributed by atoms with van der Waals surface area (Å²) >= 11 is 1.74. The van der Waals surface area contributed by atoms with Gasteiger partial charge in [-0.05, 0) is 23.8 Å². The van der Waals surface area contributed by atoms with Crippen molar-refractivity contribution in [3.05, 3.63) is 0 Å². The number of hydrogen-bond acceptors (Lipinski definition) is 3. The fourth-order valence-electron chi connectivity index (χ4n) is 2.13. The highest BCUT2D eigenvalue weighted by molar-refractivity contribution is 7.98. The third-order valence-corrected chi connectivity index (χ3v) is 3.90. The minimum Gasteiger partial charge on any atom is -0.481 e. The van der Waals surface area contributed by atoms with Crippen molar-refractivity contribution in [2.75, 3.05) is 18.6 Å². The third kappa shape index (κ3) is 2.70. The Bertz CT molecular complexity index is 291. The Balaban J connectivity index is 2.36. The molecule has 1 amide bonds. The molecule has 0 bridgehead atoms. The molecule has 0 aromatic carbocycles. The molecule has 0 heterocycles. The number of carboxylic acid groups (broad SMARTS) is 1. The van der Waals surface area contributed by atoms with Crippen LogP contribution in [0.3, 0.4) is 0 Å². The smallest absolute Gasteiger partial charge is 0.307 e. The quantitative estimate of drug-likeness (QED) is 0.690. The number of nitrogens with one attached hydrogen (secondary N) is 1. The lowest BCUT2D eigenvalue weighted by atomic mass is 10.1. The zero-order valence-corrected chi connectivity index (χ0v) is 10.8. The monoisotopic (exact) mass is 245 g/mol. The van der Waals surface area contributed by atoms with Crippen LogP contribution in [0.15, 0.2) is 0 Å². The summed E-state index contributed by atoms with van der Waals surface area (Å²) in [5, 5.41) is 11.7. The molecule has 2 unspecified atom stereocenters. The molecule has 1 saturated carbocycles. The standard InChI is InChI=1S/C11H19NO3S/c1-11(2)7(8(11)10(14)15)9(13)12-5-4-6-16-3/h7-8H,4-6H2,1-3H3,(H,12,13)(H,14,15). The molecule has 1 aliphatic rings. The molecule has 1 aliphatic carbocycles. The first kappa shape index (κ1) is 13.4. The normalized spacial score (nSPS) is 26.2. The maximum Gasteiger partial charge on any atom is 0.307 e. The van der Waals surface area contributed by atoms with Crippen molar-refractivity contribution < 1.29 is 14.7 Å². The van der Waals surface area contributed by atoms with Crippen molar-refractivity contribution >= 4 is 23.6 Å². The van der Waals surface area contributed by atoms with E-state index in [9.17, 15) is 9.59 Å². The number of thioether (sulfide) groups is 1. The molecule has 0 aromatic rings. The van der Waals surface area contributed by atoms with Gasteiger partial charge in [0, 0.05) is 6.54 Å². The average Bonchev–Trinajstić information content (AvgIpc) is 2.76. The molecule has 2 atom stereocenters. The van der Waals surface area contributed by atoms with Gasteiger partial charge in [0.2, 0.25) is 5.91 Å². The van der Waals surface area contributed by atoms with Gasteiger partial charge in [0.25, 0.3) is 0 Å². The van der Waals surface area contributed by atoms with Crippen molar-refractivity contribution in [3.8, 4) is 0 Å². The molecule has 2 N–H and O–H groups in total. The predicted molar refractivity (Wildman–Crippen MR) is 64.4 cm³/mol. The lowest BCUT2D eigenvalue weighted by molar-refractivity contribution is -0.140. The second-order valence-corrected chi connectivity index (χ2v) is 5.74. The average molecular weight is 245 g/mol. The molecule has 0 aliphatic heterocycles. The fourth-order valence-corrected chi connectivity index (χ4v) is 2.56. The first-order chi connectivity index (χ1) is 7.42. The van der Waals surface area contributed by atoms with Gasteiger partial charge in [0.05, 0.1) is 11.8 Å². The van der Waals surface area contributed by atoms with Crippen LogP contribution >= 0.6 is 11.8 Å². The van der Waals surface area contributed by atoms with Crippen LogP contribution in [-0.2, 0) is 9.59 Å². The summed E-state index contributed by atoms with van der Waals surface area (Å²) in [6.45, 7) is 4.30. The van der Waals surface area contributed by atoms with E-state index in [0.717, 1.165) is 12.2 Å². The zero-order chi connectivity index (χ0) is 12.3. The minimum atomic E-state index is -0.866. The summed E-state index contributed by atoms with van der Waals surface area (Å²) in [6.07, 6.45) is 2.95. The summed E-state index contributed by atoms with van der Waals surface area (Å²) in [6, 6.07) is 0. The molecule has 1 rings (SSSR count). The first-order valence-corrected chi connectivity index (χ1v) is 6.81. The van der Waals surface area contributed by atoms with E-state index in [2.05, 4.69) is 5.32 Å². The highest BCUT2D eigenvalue weighted by Gasteiger charge is 2.65. The van der Waals surface area contributed by atoms with Crippen LogP contribution in [-0.4, -0.2) is 35.5 Å². The van der Waals surface area contributed by atoms with Crippen LogP contribution in [0.4, 0.5) is 0 Å². The molecule has 92 valence electrons. The maximum absolute atomic E-state index is 11.7. The van der Waals surface area contributed by atoms with Crippen LogP contribution in [0, 0.1) is 17.3 Å². The minimum absolute atomic E-state index is 0.112. The molecule has 5 heteroatoms. The number of rotatable bonds is 6. The van der Waals surface area contributed by atoms with Gasteiger partial charge in [-0.1, -0.05) is 13.8 Å². The second-order valence-electron chi connectivity index (χ2n) is 4.75. The number of carbonyl (C=O) groups excluding carboxylic acids is 1. The Morgan fingerprint density at radius 2 is 2.00 bits per heavy atom. The van der Waals surface area contributed by atoms with Gasteiger partial charge >= 0.3 is 5.97 Å². The van der Waals surface area contributed by atoms with Gasteiger partial charge in [0.15, 0.2) is 0 Å². The molecule has 0 radical (unpaired) electrons. The first-order valence-electron chi connectivity index (χ1n) is 5.42. The summed E-state index contributed by atoms with van der Waals surface area (Å²) < 4.78 is 0. The Morgan fingerprint density at radius 3 is 2.44 bits per heavy atom. The second kappa shape index (κ2) is 5.08. The van der Waals surface area contributed by atoms with Crippen LogP contribution in [0.1, 0.15) is 20.3 Å². The van der Waals surface area contributed by atoms with Crippen LogP contribution in [0.25, 0.3) is 0 Å². The van der Waals surface area contributed by atoms with Gasteiger partial charge in [0.1, 0.15) is 0 Å². The Kier molecular flexibility index (Phi) is 4.24. The van der Waals surface area contributed by atoms with E-state index in [1.165, 1.54) is 0 Å². The van der Waals surface area contributed by atoms with Crippen LogP contribution in [0.2, 0.25) is 0 Å². The maximum atomic E-state index is 11.7. The van der Waals surface area contributed by atoms with E-state index in [-0.39, 0.29) is 11.8 Å². The summed E-state index contributed by atoms with van der Waals surface area (Å²) in [4.78, 5) is 22.6. The molecule has 0 spiro atoms. The van der Waals surface area contributed by atoms with E-state index in [1.54, 1.807) is 11.8 Å². The van der Waals surface area contributed by atoms with Gasteiger partial charge in [-0.15, -0.1) is 0 Å².